The summed E-state index contributed by atoms with van der Waals surface area (Å²) in [5.41, 5.74) is 3.93. The van der Waals surface area contributed by atoms with Gasteiger partial charge in [-0.25, -0.2) is 4.39 Å². The van der Waals surface area contributed by atoms with Crippen molar-refractivity contribution in [2.24, 2.45) is 5.84 Å². The molecule has 7 heteroatoms. The van der Waals surface area contributed by atoms with Gasteiger partial charge in [0.05, 0.1) is 29.7 Å². The molecule has 0 spiro atoms. The van der Waals surface area contributed by atoms with Crippen molar-refractivity contribution in [3.63, 3.8) is 0 Å². The highest BCUT2D eigenvalue weighted by molar-refractivity contribution is 9.10. The minimum Gasteiger partial charge on any atom is -0.271 e. The van der Waals surface area contributed by atoms with Crippen molar-refractivity contribution in [3.05, 3.63) is 45.9 Å². The van der Waals surface area contributed by atoms with Gasteiger partial charge in [-0.2, -0.15) is 8.75 Å². The first-order valence-corrected chi connectivity index (χ1v) is 6.40. The van der Waals surface area contributed by atoms with Crippen LogP contribution in [0.4, 0.5) is 4.39 Å². The van der Waals surface area contributed by atoms with E-state index in [1.165, 1.54) is 6.07 Å². The van der Waals surface area contributed by atoms with Crippen LogP contribution in [0.5, 0.6) is 0 Å². The van der Waals surface area contributed by atoms with Crippen LogP contribution in [0.15, 0.2) is 28.9 Å². The predicted octanol–water partition coefficient (Wildman–Crippen LogP) is 2.19. The molecule has 0 aliphatic heterocycles. The van der Waals surface area contributed by atoms with Gasteiger partial charge in [-0.05, 0) is 24.1 Å². The van der Waals surface area contributed by atoms with Crippen molar-refractivity contribution in [2.75, 3.05) is 0 Å². The zero-order chi connectivity index (χ0) is 12.3. The Labute approximate surface area is 110 Å². The maximum absolute atomic E-state index is 13.7. The summed E-state index contributed by atoms with van der Waals surface area (Å²) in [6, 6.07) is 4.72. The number of nitrogens with zero attached hydrogens (tertiary/aromatic N) is 2. The number of rotatable bonds is 4. The Morgan fingerprint density at radius 2 is 2.35 bits per heavy atom. The molecular formula is C10H10BrFN4S. The summed E-state index contributed by atoms with van der Waals surface area (Å²) in [4.78, 5) is 0. The van der Waals surface area contributed by atoms with E-state index in [2.05, 4.69) is 30.1 Å². The molecule has 1 unspecified atom stereocenters. The van der Waals surface area contributed by atoms with E-state index in [9.17, 15) is 4.39 Å². The van der Waals surface area contributed by atoms with E-state index in [4.69, 9.17) is 5.84 Å². The first-order chi connectivity index (χ1) is 8.20. The molecule has 4 nitrogen and oxygen atoms in total. The van der Waals surface area contributed by atoms with Gasteiger partial charge in [0.2, 0.25) is 0 Å². The standard InChI is InChI=1S/C10H10BrFN4S/c11-7-2-1-6(8(12)4-7)3-9(15-13)10-5-14-17-16-10/h1-2,4-5,9,15H,3,13H2. The molecule has 17 heavy (non-hydrogen) atoms. The highest BCUT2D eigenvalue weighted by atomic mass is 79.9. The van der Waals surface area contributed by atoms with E-state index in [0.717, 1.165) is 17.4 Å². The van der Waals surface area contributed by atoms with Crippen molar-refractivity contribution < 1.29 is 4.39 Å². The molecule has 0 aliphatic rings. The first kappa shape index (κ1) is 12.6. The monoisotopic (exact) mass is 316 g/mol. The molecule has 1 atom stereocenters. The van der Waals surface area contributed by atoms with Crippen LogP contribution in [0.1, 0.15) is 17.3 Å². The lowest BCUT2D eigenvalue weighted by atomic mass is 10.0. The van der Waals surface area contributed by atoms with Crippen LogP contribution in [0.25, 0.3) is 0 Å². The first-order valence-electron chi connectivity index (χ1n) is 4.88. The summed E-state index contributed by atoms with van der Waals surface area (Å²) in [5, 5.41) is 0. The van der Waals surface area contributed by atoms with Gasteiger partial charge >= 0.3 is 0 Å². The number of benzene rings is 1. The van der Waals surface area contributed by atoms with Gasteiger partial charge in [-0.15, -0.1) is 0 Å². The molecule has 90 valence electrons. The normalized spacial score (nSPS) is 12.6. The van der Waals surface area contributed by atoms with Gasteiger partial charge in [0.15, 0.2) is 0 Å². The second-order valence-electron chi connectivity index (χ2n) is 3.49. The van der Waals surface area contributed by atoms with Gasteiger partial charge in [0.25, 0.3) is 0 Å². The molecule has 2 rings (SSSR count). The predicted molar refractivity (Wildman–Crippen MR) is 67.8 cm³/mol. The van der Waals surface area contributed by atoms with Gasteiger partial charge in [-0.3, -0.25) is 11.3 Å². The van der Waals surface area contributed by atoms with Crippen LogP contribution < -0.4 is 11.3 Å². The number of halogens is 2. The Hall–Kier alpha value is -0.890. The van der Waals surface area contributed by atoms with Crippen LogP contribution in [0.2, 0.25) is 0 Å². The Morgan fingerprint density at radius 3 is 2.94 bits per heavy atom. The van der Waals surface area contributed by atoms with E-state index in [0.29, 0.717) is 16.5 Å². The molecule has 0 radical (unpaired) electrons. The van der Waals surface area contributed by atoms with Crippen LogP contribution in [0, 0.1) is 5.82 Å². The maximum atomic E-state index is 13.7. The molecule has 0 bridgehead atoms. The molecule has 0 saturated carbocycles. The number of hydrogen-bond donors (Lipinski definition) is 2. The van der Waals surface area contributed by atoms with Crippen LogP contribution in [0.3, 0.4) is 0 Å². The molecule has 0 saturated heterocycles. The maximum Gasteiger partial charge on any atom is 0.127 e. The van der Waals surface area contributed by atoms with Crippen LogP contribution in [-0.4, -0.2) is 8.75 Å². The summed E-state index contributed by atoms with van der Waals surface area (Å²) in [6.07, 6.45) is 2.06. The lowest BCUT2D eigenvalue weighted by Gasteiger charge is -2.13. The minimum absolute atomic E-state index is 0.232. The smallest absolute Gasteiger partial charge is 0.127 e. The average molecular weight is 317 g/mol. The molecule has 1 aromatic heterocycles. The van der Waals surface area contributed by atoms with Crippen molar-refractivity contribution in [2.45, 2.75) is 12.5 Å². The van der Waals surface area contributed by atoms with E-state index in [-0.39, 0.29) is 11.9 Å². The van der Waals surface area contributed by atoms with E-state index in [1.807, 2.05) is 0 Å². The second-order valence-corrected chi connectivity index (χ2v) is 4.96. The number of aromatic nitrogens is 2. The third kappa shape index (κ3) is 3.06. The number of hydrazine groups is 1. The summed E-state index contributed by atoms with van der Waals surface area (Å²) in [6.45, 7) is 0. The number of hydrogen-bond acceptors (Lipinski definition) is 5. The summed E-state index contributed by atoms with van der Waals surface area (Å²) < 4.78 is 22.4. The second kappa shape index (κ2) is 5.63. The molecule has 1 heterocycles. The SMILES string of the molecule is NNC(Cc1ccc(Br)cc1F)c1cnsn1. The molecule has 2 aromatic rings. The average Bonchev–Trinajstić information content (AvgIpc) is 2.81. The van der Waals surface area contributed by atoms with Gasteiger partial charge in [0.1, 0.15) is 5.82 Å². The van der Waals surface area contributed by atoms with Crippen molar-refractivity contribution in [1.29, 1.82) is 0 Å². The quantitative estimate of drug-likeness (QED) is 0.670. The Kier molecular flexibility index (Phi) is 4.16. The lowest BCUT2D eigenvalue weighted by Crippen LogP contribution is -2.30. The topological polar surface area (TPSA) is 63.8 Å². The number of nitrogens with two attached hydrogens (primary N) is 1. The molecule has 1 aromatic carbocycles. The van der Waals surface area contributed by atoms with E-state index >= 15 is 0 Å². The molecule has 0 aliphatic carbocycles. The van der Waals surface area contributed by atoms with Crippen molar-refractivity contribution in [1.82, 2.24) is 14.2 Å². The summed E-state index contributed by atoms with van der Waals surface area (Å²) in [7, 11) is 0. The molecule has 0 amide bonds. The van der Waals surface area contributed by atoms with Crippen molar-refractivity contribution in [3.8, 4) is 0 Å². The molecule has 3 N–H and O–H groups in total. The lowest BCUT2D eigenvalue weighted by molar-refractivity contribution is 0.521. The van der Waals surface area contributed by atoms with Crippen LogP contribution >= 0.6 is 27.7 Å². The van der Waals surface area contributed by atoms with Gasteiger partial charge in [0, 0.05) is 4.47 Å². The fourth-order valence-corrected chi connectivity index (χ4v) is 2.29. The largest absolute Gasteiger partial charge is 0.271 e. The minimum atomic E-state index is -0.261. The summed E-state index contributed by atoms with van der Waals surface area (Å²) in [5.74, 6) is 5.19. The van der Waals surface area contributed by atoms with Gasteiger partial charge in [-0.1, -0.05) is 22.0 Å². The Balaban J connectivity index is 2.19. The van der Waals surface area contributed by atoms with Crippen molar-refractivity contribution >= 4 is 27.7 Å². The third-order valence-electron chi connectivity index (χ3n) is 2.38. The third-order valence-corrected chi connectivity index (χ3v) is 3.36. The van der Waals surface area contributed by atoms with Crippen LogP contribution in [-0.2, 0) is 6.42 Å². The molecule has 0 fully saturated rings. The zero-order valence-corrected chi connectivity index (χ0v) is 11.1. The highest BCUT2D eigenvalue weighted by Gasteiger charge is 2.15. The highest BCUT2D eigenvalue weighted by Crippen LogP contribution is 2.21. The van der Waals surface area contributed by atoms with E-state index in [1.54, 1.807) is 18.3 Å². The zero-order valence-electron chi connectivity index (χ0n) is 8.73. The molecular weight excluding hydrogens is 307 g/mol. The fourth-order valence-electron chi connectivity index (χ4n) is 1.48. The fraction of sp³-hybridized carbons (Fsp3) is 0.200. The Morgan fingerprint density at radius 1 is 1.53 bits per heavy atom. The van der Waals surface area contributed by atoms with Gasteiger partial charge < -0.3 is 0 Å². The number of nitrogens with one attached hydrogen (secondary N) is 1. The Bertz CT molecular complexity index is 491. The van der Waals surface area contributed by atoms with E-state index < -0.39 is 0 Å². The summed E-state index contributed by atoms with van der Waals surface area (Å²) >= 11 is 4.32.